The van der Waals surface area contributed by atoms with Crippen molar-refractivity contribution in [2.24, 2.45) is 0 Å². The van der Waals surface area contributed by atoms with E-state index in [2.05, 4.69) is 10.3 Å². The Hall–Kier alpha value is -0.690. The van der Waals surface area contributed by atoms with Crippen LogP contribution in [0.25, 0.3) is 0 Å². The zero-order chi connectivity index (χ0) is 11.6. The molecule has 80 valence electrons. The number of nitrogens with one attached hydrogen (secondary N) is 1. The smallest absolute Gasteiger partial charge is 0.163 e. The Morgan fingerprint density at radius 1 is 1.27 bits per heavy atom. The van der Waals surface area contributed by atoms with Gasteiger partial charge in [-0.25, -0.2) is 4.98 Å². The molecule has 0 saturated heterocycles. The second-order valence-corrected chi connectivity index (χ2v) is 4.28. The van der Waals surface area contributed by atoms with Crippen LogP contribution in [0.1, 0.15) is 19.5 Å². The van der Waals surface area contributed by atoms with Gasteiger partial charge in [0.05, 0.1) is 5.69 Å². The fourth-order valence-corrected chi connectivity index (χ4v) is 1.66. The monoisotopic (exact) mass is 263 g/mol. The number of nitrogens with zero attached hydrogens (tertiary/aromatic N) is 2. The lowest BCUT2D eigenvalue weighted by Crippen LogP contribution is -2.11. The van der Waals surface area contributed by atoms with E-state index in [1.165, 1.54) is 0 Å². The number of nitriles is 1. The first-order valence-corrected chi connectivity index (χ1v) is 5.32. The van der Waals surface area contributed by atoms with Crippen molar-refractivity contribution in [2.75, 3.05) is 5.32 Å². The van der Waals surface area contributed by atoms with Gasteiger partial charge in [0, 0.05) is 6.04 Å². The molecule has 0 atom stereocenters. The van der Waals surface area contributed by atoms with E-state index >= 15 is 0 Å². The first-order chi connectivity index (χ1) is 6.97. The van der Waals surface area contributed by atoms with Crippen molar-refractivity contribution < 1.29 is 0 Å². The molecule has 6 heteroatoms. The minimum absolute atomic E-state index is 0.0641. The summed E-state index contributed by atoms with van der Waals surface area (Å²) in [5.41, 5.74) is 0.513. The molecule has 0 aliphatic rings. The molecule has 0 amide bonds. The Morgan fingerprint density at radius 2 is 1.87 bits per heavy atom. The third-order valence-electron chi connectivity index (χ3n) is 1.58. The molecule has 0 spiro atoms. The van der Waals surface area contributed by atoms with Gasteiger partial charge in [-0.1, -0.05) is 34.8 Å². The Morgan fingerprint density at radius 3 is 2.33 bits per heavy atom. The lowest BCUT2D eigenvalue weighted by molar-refractivity contribution is 0.898. The summed E-state index contributed by atoms with van der Waals surface area (Å²) in [7, 11) is 0. The molecule has 1 rings (SSSR count). The molecule has 1 N–H and O–H groups in total. The molecule has 1 aromatic rings. The second kappa shape index (κ2) is 4.89. The first-order valence-electron chi connectivity index (χ1n) is 4.18. The molecule has 0 fully saturated rings. The van der Waals surface area contributed by atoms with Gasteiger partial charge in [0.25, 0.3) is 0 Å². The Labute approximate surface area is 103 Å². The second-order valence-electron chi connectivity index (χ2n) is 3.17. The largest absolute Gasteiger partial charge is 0.380 e. The van der Waals surface area contributed by atoms with E-state index in [0.29, 0.717) is 5.69 Å². The van der Waals surface area contributed by atoms with E-state index in [1.807, 2.05) is 19.9 Å². The SMILES string of the molecule is CC(C)Nc1c(Cl)c(Cl)nc(C#N)c1Cl. The summed E-state index contributed by atoms with van der Waals surface area (Å²) >= 11 is 17.6. The van der Waals surface area contributed by atoms with Crippen LogP contribution in [0, 0.1) is 11.3 Å². The van der Waals surface area contributed by atoms with Crippen molar-refractivity contribution >= 4 is 40.5 Å². The van der Waals surface area contributed by atoms with Crippen LogP contribution in [-0.2, 0) is 0 Å². The highest BCUT2D eigenvalue weighted by molar-refractivity contribution is 6.45. The maximum atomic E-state index is 8.77. The number of pyridine rings is 1. The minimum Gasteiger partial charge on any atom is -0.380 e. The van der Waals surface area contributed by atoms with E-state index < -0.39 is 0 Å². The zero-order valence-corrected chi connectivity index (χ0v) is 10.4. The summed E-state index contributed by atoms with van der Waals surface area (Å²) in [6.07, 6.45) is 0. The van der Waals surface area contributed by atoms with Gasteiger partial charge in [0.1, 0.15) is 16.1 Å². The molecule has 0 unspecified atom stereocenters. The van der Waals surface area contributed by atoms with Crippen molar-refractivity contribution in [1.29, 1.82) is 5.26 Å². The third-order valence-corrected chi connectivity index (χ3v) is 2.68. The fraction of sp³-hybridized carbons (Fsp3) is 0.333. The van der Waals surface area contributed by atoms with Crippen LogP contribution < -0.4 is 5.32 Å². The molecule has 0 aliphatic carbocycles. The molecular weight excluding hydrogens is 256 g/mol. The molecule has 0 saturated carbocycles. The summed E-state index contributed by atoms with van der Waals surface area (Å²) in [5, 5.41) is 12.3. The van der Waals surface area contributed by atoms with Crippen LogP contribution in [0.5, 0.6) is 0 Å². The summed E-state index contributed by atoms with van der Waals surface area (Å²) < 4.78 is 0. The minimum atomic E-state index is 0.0641. The topological polar surface area (TPSA) is 48.7 Å². The van der Waals surface area contributed by atoms with Gasteiger partial charge >= 0.3 is 0 Å². The van der Waals surface area contributed by atoms with E-state index in [9.17, 15) is 0 Å². The lowest BCUT2D eigenvalue weighted by Gasteiger charge is -2.14. The van der Waals surface area contributed by atoms with Gasteiger partial charge in [-0.3, -0.25) is 0 Å². The number of rotatable bonds is 2. The highest BCUT2D eigenvalue weighted by Gasteiger charge is 2.16. The van der Waals surface area contributed by atoms with Gasteiger partial charge in [-0.15, -0.1) is 0 Å². The van der Waals surface area contributed by atoms with Crippen molar-refractivity contribution in [1.82, 2.24) is 4.98 Å². The molecule has 0 bridgehead atoms. The van der Waals surface area contributed by atoms with Crippen LogP contribution in [0.2, 0.25) is 15.2 Å². The summed E-state index contributed by atoms with van der Waals surface area (Å²) in [6, 6.07) is 1.98. The van der Waals surface area contributed by atoms with Gasteiger partial charge in [0.15, 0.2) is 10.8 Å². The van der Waals surface area contributed by atoms with Crippen LogP contribution >= 0.6 is 34.8 Å². The number of halogens is 3. The average molecular weight is 265 g/mol. The Bertz CT molecular complexity index is 424. The molecule has 1 aromatic heterocycles. The predicted octanol–water partition coefficient (Wildman–Crippen LogP) is 3.73. The molecule has 1 heterocycles. The van der Waals surface area contributed by atoms with E-state index in [0.717, 1.165) is 0 Å². The van der Waals surface area contributed by atoms with E-state index in [-0.39, 0.29) is 26.9 Å². The molecule has 15 heavy (non-hydrogen) atoms. The van der Waals surface area contributed by atoms with Crippen LogP contribution in [0.15, 0.2) is 0 Å². The highest BCUT2D eigenvalue weighted by Crippen LogP contribution is 2.36. The normalized spacial score (nSPS) is 10.2. The quantitative estimate of drug-likeness (QED) is 0.828. The Kier molecular flexibility index (Phi) is 4.04. The standard InChI is InChI=1S/C9H8Cl3N3/c1-4(2)14-8-6(10)5(3-13)15-9(12)7(8)11/h4H,1-2H3,(H,14,15). The van der Waals surface area contributed by atoms with Crippen molar-refractivity contribution in [2.45, 2.75) is 19.9 Å². The van der Waals surface area contributed by atoms with Gasteiger partial charge in [-0.2, -0.15) is 5.26 Å². The number of aromatic nitrogens is 1. The average Bonchev–Trinajstić information content (AvgIpc) is 2.18. The van der Waals surface area contributed by atoms with E-state index in [1.54, 1.807) is 0 Å². The van der Waals surface area contributed by atoms with Gasteiger partial charge in [0.2, 0.25) is 0 Å². The van der Waals surface area contributed by atoms with Gasteiger partial charge in [-0.05, 0) is 13.8 Å². The van der Waals surface area contributed by atoms with Crippen LogP contribution in [-0.4, -0.2) is 11.0 Å². The maximum absolute atomic E-state index is 8.77. The molecule has 0 aliphatic heterocycles. The van der Waals surface area contributed by atoms with Crippen LogP contribution in [0.4, 0.5) is 5.69 Å². The van der Waals surface area contributed by atoms with Crippen molar-refractivity contribution in [3.63, 3.8) is 0 Å². The highest BCUT2D eigenvalue weighted by atomic mass is 35.5. The molecular formula is C9H8Cl3N3. The van der Waals surface area contributed by atoms with Crippen molar-refractivity contribution in [3.05, 3.63) is 20.9 Å². The van der Waals surface area contributed by atoms with Crippen LogP contribution in [0.3, 0.4) is 0 Å². The predicted molar refractivity (Wildman–Crippen MR) is 62.7 cm³/mol. The number of hydrogen-bond acceptors (Lipinski definition) is 3. The fourth-order valence-electron chi connectivity index (χ4n) is 1.00. The lowest BCUT2D eigenvalue weighted by atomic mass is 10.3. The summed E-state index contributed by atoms with van der Waals surface area (Å²) in [4.78, 5) is 3.76. The molecule has 0 radical (unpaired) electrons. The van der Waals surface area contributed by atoms with Crippen molar-refractivity contribution in [3.8, 4) is 6.07 Å². The maximum Gasteiger partial charge on any atom is 0.163 e. The Balaban J connectivity index is 3.35. The zero-order valence-electron chi connectivity index (χ0n) is 8.11. The summed E-state index contributed by atoms with van der Waals surface area (Å²) in [6.45, 7) is 3.85. The van der Waals surface area contributed by atoms with E-state index in [4.69, 9.17) is 40.1 Å². The third kappa shape index (κ3) is 2.66. The van der Waals surface area contributed by atoms with Gasteiger partial charge < -0.3 is 5.32 Å². The number of anilines is 1. The summed E-state index contributed by atoms with van der Waals surface area (Å²) in [5.74, 6) is 0. The first kappa shape index (κ1) is 12.4. The molecule has 3 nitrogen and oxygen atoms in total. The molecule has 0 aromatic carbocycles. The number of hydrogen-bond donors (Lipinski definition) is 1.